The molecule has 0 aromatic heterocycles. The van der Waals surface area contributed by atoms with Crippen molar-refractivity contribution in [2.75, 3.05) is 6.54 Å². The summed E-state index contributed by atoms with van der Waals surface area (Å²) in [5, 5.41) is 8.92. The fourth-order valence-electron chi connectivity index (χ4n) is 0.882. The summed E-state index contributed by atoms with van der Waals surface area (Å²) in [6.07, 6.45) is 0.272. The lowest BCUT2D eigenvalue weighted by Gasteiger charge is -2.10. The zero-order valence-corrected chi connectivity index (χ0v) is 5.37. The third kappa shape index (κ3) is 1.42. The fraction of sp³-hybridized carbons (Fsp3) is 0.667. The van der Waals surface area contributed by atoms with Gasteiger partial charge in [-0.1, -0.05) is 0 Å². The van der Waals surface area contributed by atoms with Gasteiger partial charge in [-0.15, -0.1) is 0 Å². The van der Waals surface area contributed by atoms with E-state index >= 15 is 0 Å². The van der Waals surface area contributed by atoms with Gasteiger partial charge in [-0.05, 0) is 6.42 Å². The second kappa shape index (κ2) is 2.35. The maximum Gasteiger partial charge on any atom is 0.219 e. The molecule has 1 radical (unpaired) electrons. The van der Waals surface area contributed by atoms with Gasteiger partial charge in [0.05, 0.1) is 12.6 Å². The Bertz CT molecular complexity index is 124. The largest absolute Gasteiger partial charge is 0.391 e. The van der Waals surface area contributed by atoms with E-state index in [1.54, 1.807) is 6.54 Å². The number of rotatable bonds is 0. The maximum atomic E-state index is 10.6. The van der Waals surface area contributed by atoms with Gasteiger partial charge in [-0.25, -0.2) is 0 Å². The Kier molecular flexibility index (Phi) is 1.71. The summed E-state index contributed by atoms with van der Waals surface area (Å²) in [7, 11) is 0. The number of aliphatic hydroxyl groups excluding tert-OH is 1. The molecule has 1 saturated heterocycles. The van der Waals surface area contributed by atoms with E-state index in [0.717, 1.165) is 0 Å². The average Bonchev–Trinajstić information content (AvgIpc) is 2.14. The first-order valence-electron chi connectivity index (χ1n) is 2.99. The molecule has 1 unspecified atom stereocenters. The van der Waals surface area contributed by atoms with Crippen LogP contribution in [0.15, 0.2) is 0 Å². The molecule has 1 atom stereocenters. The normalized spacial score (nSPS) is 26.9. The van der Waals surface area contributed by atoms with Crippen LogP contribution in [0.2, 0.25) is 0 Å². The topological polar surface area (TPSA) is 40.5 Å². The highest BCUT2D eigenvalue weighted by Crippen LogP contribution is 2.12. The minimum Gasteiger partial charge on any atom is -0.391 e. The molecule has 0 aromatic rings. The summed E-state index contributed by atoms with van der Waals surface area (Å²) in [5.41, 5.74) is 0. The summed E-state index contributed by atoms with van der Waals surface area (Å²) in [5.74, 6) is 0.00606. The molecule has 0 spiro atoms. The smallest absolute Gasteiger partial charge is 0.219 e. The van der Waals surface area contributed by atoms with Crippen molar-refractivity contribution in [3.05, 3.63) is 6.54 Å². The zero-order valence-electron chi connectivity index (χ0n) is 5.37. The van der Waals surface area contributed by atoms with Crippen molar-refractivity contribution in [2.24, 2.45) is 0 Å². The van der Waals surface area contributed by atoms with Crippen molar-refractivity contribution >= 4 is 5.91 Å². The molecule has 1 rings (SSSR count). The molecule has 0 aromatic carbocycles. The van der Waals surface area contributed by atoms with Gasteiger partial charge in [0.2, 0.25) is 5.91 Å². The van der Waals surface area contributed by atoms with Crippen LogP contribution in [0, 0.1) is 6.54 Å². The van der Waals surface area contributed by atoms with Gasteiger partial charge >= 0.3 is 0 Å². The lowest BCUT2D eigenvalue weighted by molar-refractivity contribution is -0.126. The maximum absolute atomic E-state index is 10.6. The average molecular weight is 128 g/mol. The molecule has 1 amide bonds. The first kappa shape index (κ1) is 6.55. The molecule has 1 fully saturated rings. The third-order valence-corrected chi connectivity index (χ3v) is 1.41. The Morgan fingerprint density at radius 3 is 2.78 bits per heavy atom. The highest BCUT2D eigenvalue weighted by molar-refractivity contribution is 5.74. The quantitative estimate of drug-likeness (QED) is 0.489. The summed E-state index contributed by atoms with van der Waals surface area (Å²) in [6, 6.07) is 0. The van der Waals surface area contributed by atoms with Crippen molar-refractivity contribution in [1.82, 2.24) is 4.90 Å². The van der Waals surface area contributed by atoms with E-state index in [1.807, 2.05) is 0 Å². The van der Waals surface area contributed by atoms with Gasteiger partial charge in [-0.3, -0.25) is 4.79 Å². The van der Waals surface area contributed by atoms with Crippen LogP contribution in [0.4, 0.5) is 0 Å². The number of hydrogen-bond donors (Lipinski definition) is 1. The molecule has 3 heteroatoms. The molecule has 51 valence electrons. The molecule has 1 N–H and O–H groups in total. The standard InChI is InChI=1S/C6H10NO2/c1-5(8)7-3-2-6(9)4-7/h3,6,9H,2,4H2,1H3. The molecule has 1 heterocycles. The van der Waals surface area contributed by atoms with Crippen LogP contribution in [0.5, 0.6) is 0 Å². The highest BCUT2D eigenvalue weighted by Gasteiger charge is 2.21. The van der Waals surface area contributed by atoms with Gasteiger partial charge < -0.3 is 10.0 Å². The van der Waals surface area contributed by atoms with Crippen molar-refractivity contribution in [3.63, 3.8) is 0 Å². The van der Waals surface area contributed by atoms with E-state index in [-0.39, 0.29) is 12.0 Å². The number of β-amino-alcohol motifs (C(OH)–C–C–N with tert-alkyl or cyclic N) is 1. The number of nitrogens with zero attached hydrogens (tertiary/aromatic N) is 1. The van der Waals surface area contributed by atoms with Crippen molar-refractivity contribution in [3.8, 4) is 0 Å². The highest BCUT2D eigenvalue weighted by atomic mass is 16.3. The predicted molar refractivity (Wildman–Crippen MR) is 32.3 cm³/mol. The summed E-state index contributed by atoms with van der Waals surface area (Å²) >= 11 is 0. The second-order valence-electron chi connectivity index (χ2n) is 2.24. The molecule has 0 aliphatic carbocycles. The molecule has 9 heavy (non-hydrogen) atoms. The van der Waals surface area contributed by atoms with E-state index in [1.165, 1.54) is 11.8 Å². The molecular weight excluding hydrogens is 118 g/mol. The van der Waals surface area contributed by atoms with Crippen LogP contribution in [0.1, 0.15) is 13.3 Å². The molecule has 0 saturated carbocycles. The minimum atomic E-state index is -0.339. The van der Waals surface area contributed by atoms with Gasteiger partial charge in [0.1, 0.15) is 0 Å². The Balaban J connectivity index is 2.39. The van der Waals surface area contributed by atoms with E-state index < -0.39 is 0 Å². The lowest BCUT2D eigenvalue weighted by Crippen LogP contribution is -2.24. The van der Waals surface area contributed by atoms with Crippen LogP contribution in [-0.2, 0) is 4.79 Å². The number of amides is 1. The van der Waals surface area contributed by atoms with Gasteiger partial charge in [-0.2, -0.15) is 0 Å². The summed E-state index contributed by atoms with van der Waals surface area (Å²) < 4.78 is 0. The minimum absolute atomic E-state index is 0.00606. The summed E-state index contributed by atoms with van der Waals surface area (Å²) in [6.45, 7) is 3.69. The van der Waals surface area contributed by atoms with E-state index in [4.69, 9.17) is 5.11 Å². The van der Waals surface area contributed by atoms with Crippen molar-refractivity contribution in [1.29, 1.82) is 0 Å². The Morgan fingerprint density at radius 2 is 2.56 bits per heavy atom. The van der Waals surface area contributed by atoms with Crippen LogP contribution < -0.4 is 0 Å². The summed E-state index contributed by atoms with van der Waals surface area (Å²) in [4.78, 5) is 12.1. The van der Waals surface area contributed by atoms with Gasteiger partial charge in [0, 0.05) is 13.5 Å². The molecule has 1 aliphatic rings. The predicted octanol–water partition coefficient (Wildman–Crippen LogP) is -0.239. The van der Waals surface area contributed by atoms with Crippen LogP contribution in [0.3, 0.4) is 0 Å². The number of aliphatic hydroxyl groups is 1. The molecular formula is C6H10NO2. The van der Waals surface area contributed by atoms with Crippen LogP contribution >= 0.6 is 0 Å². The first-order chi connectivity index (χ1) is 4.20. The van der Waals surface area contributed by atoms with Crippen molar-refractivity contribution in [2.45, 2.75) is 19.4 Å². The fourth-order valence-corrected chi connectivity index (χ4v) is 0.882. The van der Waals surface area contributed by atoms with Crippen molar-refractivity contribution < 1.29 is 9.90 Å². The SMILES string of the molecule is CC(=O)N1[CH]CC(O)C1. The second-order valence-corrected chi connectivity index (χ2v) is 2.24. The molecule has 1 aliphatic heterocycles. The number of carbonyl (C=O) groups excluding carboxylic acids is 1. The van der Waals surface area contributed by atoms with Crippen LogP contribution in [-0.4, -0.2) is 28.6 Å². The first-order valence-corrected chi connectivity index (χ1v) is 2.99. The Morgan fingerprint density at radius 1 is 1.89 bits per heavy atom. The van der Waals surface area contributed by atoms with Crippen LogP contribution in [0.25, 0.3) is 0 Å². The third-order valence-electron chi connectivity index (χ3n) is 1.41. The number of carbonyl (C=O) groups is 1. The number of hydrogen-bond acceptors (Lipinski definition) is 2. The molecule has 3 nitrogen and oxygen atoms in total. The lowest BCUT2D eigenvalue weighted by atomic mass is 10.3. The van der Waals surface area contributed by atoms with E-state index in [2.05, 4.69) is 0 Å². The Labute approximate surface area is 54.3 Å². The van der Waals surface area contributed by atoms with E-state index in [0.29, 0.717) is 13.0 Å². The zero-order chi connectivity index (χ0) is 6.85. The van der Waals surface area contributed by atoms with Gasteiger partial charge in [0.25, 0.3) is 0 Å². The van der Waals surface area contributed by atoms with E-state index in [9.17, 15) is 4.79 Å². The number of likely N-dealkylation sites (tertiary alicyclic amines) is 1. The van der Waals surface area contributed by atoms with Gasteiger partial charge in [0.15, 0.2) is 0 Å². The Hall–Kier alpha value is -0.570. The monoisotopic (exact) mass is 128 g/mol. The molecule has 0 bridgehead atoms.